The number of hydrogen-bond donors (Lipinski definition) is 3. The van der Waals surface area contributed by atoms with E-state index in [0.29, 0.717) is 30.5 Å². The van der Waals surface area contributed by atoms with Crippen molar-refractivity contribution < 1.29 is 9.53 Å². The van der Waals surface area contributed by atoms with E-state index in [0.717, 1.165) is 13.0 Å². The second-order valence-corrected chi connectivity index (χ2v) is 4.63. The molecule has 0 saturated carbocycles. The fourth-order valence-electron chi connectivity index (χ4n) is 1.36. The van der Waals surface area contributed by atoms with Crippen LogP contribution < -0.4 is 16.6 Å². The molecule has 0 atom stereocenters. The molecule has 0 aromatic carbocycles. The monoisotopic (exact) mass is 266 g/mol. The molecule has 1 amide bonds. The highest BCUT2D eigenvalue weighted by molar-refractivity contribution is 5.92. The molecular weight excluding hydrogens is 244 g/mol. The van der Waals surface area contributed by atoms with E-state index in [4.69, 9.17) is 10.6 Å². The van der Waals surface area contributed by atoms with Crippen molar-refractivity contribution in [2.24, 2.45) is 11.8 Å². The zero-order chi connectivity index (χ0) is 14.1. The Morgan fingerprint density at radius 1 is 1.42 bits per heavy atom. The first-order chi connectivity index (χ1) is 9.13. The average molecular weight is 266 g/mol. The van der Waals surface area contributed by atoms with Crippen molar-refractivity contribution in [3.63, 3.8) is 0 Å². The van der Waals surface area contributed by atoms with Crippen LogP contribution in [0.5, 0.6) is 0 Å². The summed E-state index contributed by atoms with van der Waals surface area (Å²) in [5.41, 5.74) is 3.48. The molecule has 0 fully saturated rings. The standard InChI is InChI=1S/C13H22N4O2/c1-10(2)5-7-19-8-6-15-13(18)12-4-3-11(17-14)9-16-12/h3-4,9-10,17H,5-8,14H2,1-2H3,(H,15,18). The predicted octanol–water partition coefficient (Wildman–Crippen LogP) is 1.16. The largest absolute Gasteiger partial charge is 0.380 e. The van der Waals surface area contributed by atoms with Gasteiger partial charge in [-0.2, -0.15) is 0 Å². The summed E-state index contributed by atoms with van der Waals surface area (Å²) < 4.78 is 5.41. The Bertz CT molecular complexity index is 379. The number of carbonyl (C=O) groups excluding carboxylic acids is 1. The van der Waals surface area contributed by atoms with Gasteiger partial charge in [-0.1, -0.05) is 13.8 Å². The second-order valence-electron chi connectivity index (χ2n) is 4.63. The summed E-state index contributed by atoms with van der Waals surface area (Å²) in [5.74, 6) is 5.64. The minimum absolute atomic E-state index is 0.212. The highest BCUT2D eigenvalue weighted by Gasteiger charge is 2.05. The Labute approximate surface area is 113 Å². The Hall–Kier alpha value is -1.66. The normalized spacial score (nSPS) is 10.5. The van der Waals surface area contributed by atoms with Crippen LogP contribution in [0.1, 0.15) is 30.8 Å². The van der Waals surface area contributed by atoms with Crippen LogP contribution in [0.2, 0.25) is 0 Å². The highest BCUT2D eigenvalue weighted by atomic mass is 16.5. The number of ether oxygens (including phenoxy) is 1. The molecule has 0 radical (unpaired) electrons. The summed E-state index contributed by atoms with van der Waals surface area (Å²) in [4.78, 5) is 15.7. The Morgan fingerprint density at radius 3 is 2.79 bits per heavy atom. The predicted molar refractivity (Wildman–Crippen MR) is 74.7 cm³/mol. The van der Waals surface area contributed by atoms with Crippen LogP contribution in [0.4, 0.5) is 5.69 Å². The third-order valence-corrected chi connectivity index (χ3v) is 2.53. The van der Waals surface area contributed by atoms with Crippen molar-refractivity contribution in [1.82, 2.24) is 10.3 Å². The quantitative estimate of drug-likeness (QED) is 0.373. The molecule has 0 unspecified atom stereocenters. The fraction of sp³-hybridized carbons (Fsp3) is 0.538. The molecule has 1 aromatic rings. The first-order valence-electron chi connectivity index (χ1n) is 6.42. The number of rotatable bonds is 8. The number of amides is 1. The van der Waals surface area contributed by atoms with E-state index < -0.39 is 0 Å². The second kappa shape index (κ2) is 8.44. The smallest absolute Gasteiger partial charge is 0.269 e. The lowest BCUT2D eigenvalue weighted by Crippen LogP contribution is -2.28. The minimum atomic E-state index is -0.212. The molecular formula is C13H22N4O2. The van der Waals surface area contributed by atoms with E-state index in [2.05, 4.69) is 29.6 Å². The van der Waals surface area contributed by atoms with Crippen LogP contribution >= 0.6 is 0 Å². The third kappa shape index (κ3) is 6.17. The molecule has 0 saturated heterocycles. The average Bonchev–Trinajstić information content (AvgIpc) is 2.42. The number of carbonyl (C=O) groups is 1. The Balaban J connectivity index is 2.20. The maximum absolute atomic E-state index is 11.7. The van der Waals surface area contributed by atoms with Crippen molar-refractivity contribution in [1.29, 1.82) is 0 Å². The molecule has 1 aromatic heterocycles. The van der Waals surface area contributed by atoms with Crippen LogP contribution in [0.25, 0.3) is 0 Å². The molecule has 6 heteroatoms. The molecule has 106 valence electrons. The van der Waals surface area contributed by atoms with Gasteiger partial charge in [0.2, 0.25) is 0 Å². The summed E-state index contributed by atoms with van der Waals surface area (Å²) in [5, 5.41) is 2.75. The number of aromatic nitrogens is 1. The molecule has 0 aliphatic rings. The van der Waals surface area contributed by atoms with Crippen LogP contribution in [0, 0.1) is 5.92 Å². The fourth-order valence-corrected chi connectivity index (χ4v) is 1.36. The van der Waals surface area contributed by atoms with Crippen LogP contribution in [-0.2, 0) is 4.74 Å². The summed E-state index contributed by atoms with van der Waals surface area (Å²) in [6.07, 6.45) is 2.54. The molecule has 0 aliphatic carbocycles. The van der Waals surface area contributed by atoms with E-state index >= 15 is 0 Å². The van der Waals surface area contributed by atoms with E-state index in [1.54, 1.807) is 12.1 Å². The van der Waals surface area contributed by atoms with Gasteiger partial charge in [-0.05, 0) is 24.5 Å². The maximum Gasteiger partial charge on any atom is 0.269 e. The van der Waals surface area contributed by atoms with Gasteiger partial charge in [0, 0.05) is 13.2 Å². The van der Waals surface area contributed by atoms with Gasteiger partial charge in [0.1, 0.15) is 5.69 Å². The number of pyridine rings is 1. The summed E-state index contributed by atoms with van der Waals surface area (Å²) in [6.45, 7) is 6.02. The molecule has 19 heavy (non-hydrogen) atoms. The minimum Gasteiger partial charge on any atom is -0.380 e. The van der Waals surface area contributed by atoms with E-state index in [1.807, 2.05) is 0 Å². The summed E-state index contributed by atoms with van der Waals surface area (Å²) in [6, 6.07) is 3.31. The number of nitrogen functional groups attached to an aromatic ring is 1. The van der Waals surface area contributed by atoms with Gasteiger partial charge in [-0.25, -0.2) is 4.98 Å². The molecule has 6 nitrogen and oxygen atoms in total. The van der Waals surface area contributed by atoms with Crippen LogP contribution in [-0.4, -0.2) is 30.6 Å². The van der Waals surface area contributed by atoms with Gasteiger partial charge in [-0.15, -0.1) is 0 Å². The zero-order valence-corrected chi connectivity index (χ0v) is 11.5. The number of nitrogens with one attached hydrogen (secondary N) is 2. The summed E-state index contributed by atoms with van der Waals surface area (Å²) in [7, 11) is 0. The molecule has 4 N–H and O–H groups in total. The van der Waals surface area contributed by atoms with E-state index in [9.17, 15) is 4.79 Å². The summed E-state index contributed by atoms with van der Waals surface area (Å²) >= 11 is 0. The molecule has 0 spiro atoms. The Morgan fingerprint density at radius 2 is 2.21 bits per heavy atom. The van der Waals surface area contributed by atoms with Gasteiger partial charge in [0.05, 0.1) is 18.5 Å². The lowest BCUT2D eigenvalue weighted by molar-refractivity contribution is 0.0901. The number of nitrogens with two attached hydrogens (primary N) is 1. The number of anilines is 1. The van der Waals surface area contributed by atoms with Gasteiger partial charge < -0.3 is 15.5 Å². The third-order valence-electron chi connectivity index (χ3n) is 2.53. The number of hydrazine groups is 1. The SMILES string of the molecule is CC(C)CCOCCNC(=O)c1ccc(NN)cn1. The lowest BCUT2D eigenvalue weighted by atomic mass is 10.1. The molecule has 0 aliphatic heterocycles. The van der Waals surface area contributed by atoms with Crippen molar-refractivity contribution in [2.75, 3.05) is 25.2 Å². The topological polar surface area (TPSA) is 89.3 Å². The first-order valence-corrected chi connectivity index (χ1v) is 6.42. The maximum atomic E-state index is 11.7. The van der Waals surface area contributed by atoms with Crippen molar-refractivity contribution >= 4 is 11.6 Å². The van der Waals surface area contributed by atoms with E-state index in [-0.39, 0.29) is 5.91 Å². The van der Waals surface area contributed by atoms with Gasteiger partial charge in [0.15, 0.2) is 0 Å². The zero-order valence-electron chi connectivity index (χ0n) is 11.5. The lowest BCUT2D eigenvalue weighted by Gasteiger charge is -2.07. The van der Waals surface area contributed by atoms with Crippen molar-refractivity contribution in [3.05, 3.63) is 24.0 Å². The molecule has 1 heterocycles. The van der Waals surface area contributed by atoms with Crippen LogP contribution in [0.3, 0.4) is 0 Å². The highest BCUT2D eigenvalue weighted by Crippen LogP contribution is 2.03. The Kier molecular flexibility index (Phi) is 6.84. The van der Waals surface area contributed by atoms with Gasteiger partial charge in [-0.3, -0.25) is 10.6 Å². The van der Waals surface area contributed by atoms with Gasteiger partial charge in [0.25, 0.3) is 5.91 Å². The number of hydrogen-bond acceptors (Lipinski definition) is 5. The van der Waals surface area contributed by atoms with Crippen molar-refractivity contribution in [3.8, 4) is 0 Å². The first kappa shape index (κ1) is 15.4. The van der Waals surface area contributed by atoms with Gasteiger partial charge >= 0.3 is 0 Å². The molecule has 1 rings (SSSR count). The molecule has 0 bridgehead atoms. The van der Waals surface area contributed by atoms with Crippen LogP contribution in [0.15, 0.2) is 18.3 Å². The van der Waals surface area contributed by atoms with Crippen molar-refractivity contribution in [2.45, 2.75) is 20.3 Å². The van der Waals surface area contributed by atoms with E-state index in [1.165, 1.54) is 6.20 Å². The number of nitrogens with zero attached hydrogens (tertiary/aromatic N) is 1.